The van der Waals surface area contributed by atoms with Crippen molar-refractivity contribution in [2.24, 2.45) is 7.05 Å². The van der Waals surface area contributed by atoms with Crippen molar-refractivity contribution >= 4 is 0 Å². The van der Waals surface area contributed by atoms with Gasteiger partial charge in [0.1, 0.15) is 0 Å². The van der Waals surface area contributed by atoms with Gasteiger partial charge in [0, 0.05) is 13.2 Å². The number of halogens is 2. The van der Waals surface area contributed by atoms with E-state index in [0.29, 0.717) is 18.5 Å². The van der Waals surface area contributed by atoms with Crippen molar-refractivity contribution in [3.05, 3.63) is 18.0 Å². The first kappa shape index (κ1) is 9.58. The Labute approximate surface area is 81.1 Å². The Morgan fingerprint density at radius 1 is 1.64 bits per heavy atom. The van der Waals surface area contributed by atoms with Crippen LogP contribution in [0.5, 0.6) is 0 Å². The van der Waals surface area contributed by atoms with E-state index in [1.54, 1.807) is 17.9 Å². The summed E-state index contributed by atoms with van der Waals surface area (Å²) in [6, 6.07) is 0. The first-order valence-corrected chi connectivity index (χ1v) is 4.67. The summed E-state index contributed by atoms with van der Waals surface area (Å²) in [6.07, 6.45) is 3.67. The molecule has 1 aliphatic heterocycles. The molecule has 14 heavy (non-hydrogen) atoms. The standard InChI is InChI=1S/C9H13F2N3/c1-14-5-7(4-13-14)8-2-3-12-6-9(8,10)11/h4-5,8,12H,2-3,6H2,1H3. The molecule has 0 amide bonds. The zero-order valence-corrected chi connectivity index (χ0v) is 8.00. The van der Waals surface area contributed by atoms with Crippen LogP contribution in [0.2, 0.25) is 0 Å². The molecular weight excluding hydrogens is 188 g/mol. The Morgan fingerprint density at radius 3 is 3.00 bits per heavy atom. The Balaban J connectivity index is 2.23. The lowest BCUT2D eigenvalue weighted by Gasteiger charge is -2.31. The summed E-state index contributed by atoms with van der Waals surface area (Å²) in [4.78, 5) is 0. The van der Waals surface area contributed by atoms with E-state index in [-0.39, 0.29) is 6.54 Å². The Hall–Kier alpha value is -0.970. The highest BCUT2D eigenvalue weighted by Crippen LogP contribution is 2.37. The number of alkyl halides is 2. The van der Waals surface area contributed by atoms with E-state index in [1.165, 1.54) is 6.20 Å². The molecule has 0 aromatic carbocycles. The summed E-state index contributed by atoms with van der Waals surface area (Å²) in [6.45, 7) is 0.418. The van der Waals surface area contributed by atoms with Crippen molar-refractivity contribution in [1.82, 2.24) is 15.1 Å². The van der Waals surface area contributed by atoms with Crippen LogP contribution in [0.3, 0.4) is 0 Å². The minimum absolute atomic E-state index is 0.230. The van der Waals surface area contributed by atoms with E-state index < -0.39 is 11.8 Å². The number of aryl methyl sites for hydroxylation is 1. The zero-order valence-electron chi connectivity index (χ0n) is 8.00. The zero-order chi connectivity index (χ0) is 10.2. The first-order chi connectivity index (χ1) is 6.59. The van der Waals surface area contributed by atoms with E-state index in [9.17, 15) is 8.78 Å². The molecule has 3 nitrogen and oxygen atoms in total. The average Bonchev–Trinajstić information content (AvgIpc) is 2.51. The SMILES string of the molecule is Cn1cc(C2CCNCC2(F)F)cn1. The molecule has 0 saturated carbocycles. The smallest absolute Gasteiger partial charge is 0.267 e. The molecule has 2 rings (SSSR count). The second kappa shape index (κ2) is 3.31. The van der Waals surface area contributed by atoms with Gasteiger partial charge in [0.15, 0.2) is 0 Å². The van der Waals surface area contributed by atoms with E-state index in [2.05, 4.69) is 10.4 Å². The number of rotatable bonds is 1. The minimum atomic E-state index is -2.65. The number of nitrogens with one attached hydrogen (secondary N) is 1. The molecule has 5 heteroatoms. The van der Waals surface area contributed by atoms with Gasteiger partial charge < -0.3 is 5.32 Å². The molecule has 2 heterocycles. The highest BCUT2D eigenvalue weighted by Gasteiger charge is 2.42. The lowest BCUT2D eigenvalue weighted by Crippen LogP contribution is -2.44. The lowest BCUT2D eigenvalue weighted by atomic mass is 9.89. The number of nitrogens with zero attached hydrogens (tertiary/aromatic N) is 2. The molecule has 1 aromatic rings. The third-order valence-corrected chi connectivity index (χ3v) is 2.61. The lowest BCUT2D eigenvalue weighted by molar-refractivity contribution is -0.0420. The molecule has 1 saturated heterocycles. The van der Waals surface area contributed by atoms with Gasteiger partial charge in [-0.25, -0.2) is 8.78 Å². The predicted molar refractivity (Wildman–Crippen MR) is 48.4 cm³/mol. The fourth-order valence-corrected chi connectivity index (χ4v) is 1.87. The molecule has 78 valence electrons. The van der Waals surface area contributed by atoms with Gasteiger partial charge in [-0.15, -0.1) is 0 Å². The predicted octanol–water partition coefficient (Wildman–Crippen LogP) is 1.13. The fourth-order valence-electron chi connectivity index (χ4n) is 1.87. The Morgan fingerprint density at radius 2 is 2.43 bits per heavy atom. The van der Waals surface area contributed by atoms with Gasteiger partial charge in [-0.1, -0.05) is 0 Å². The molecule has 1 atom stereocenters. The average molecular weight is 201 g/mol. The summed E-state index contributed by atoms with van der Waals surface area (Å²) in [5.74, 6) is -3.33. The van der Waals surface area contributed by atoms with Gasteiger partial charge in [0.25, 0.3) is 5.92 Å². The largest absolute Gasteiger partial charge is 0.311 e. The quantitative estimate of drug-likeness (QED) is 0.738. The fraction of sp³-hybridized carbons (Fsp3) is 0.667. The first-order valence-electron chi connectivity index (χ1n) is 4.67. The van der Waals surface area contributed by atoms with Crippen LogP contribution in [0.4, 0.5) is 8.78 Å². The van der Waals surface area contributed by atoms with Gasteiger partial charge in [0.05, 0.1) is 18.7 Å². The molecule has 1 aromatic heterocycles. The topological polar surface area (TPSA) is 29.9 Å². The molecule has 0 spiro atoms. The second-order valence-corrected chi connectivity index (χ2v) is 3.73. The normalized spacial score (nSPS) is 26.4. The van der Waals surface area contributed by atoms with Crippen LogP contribution in [0.15, 0.2) is 12.4 Å². The number of hydrogen-bond donors (Lipinski definition) is 1. The van der Waals surface area contributed by atoms with E-state index >= 15 is 0 Å². The van der Waals surface area contributed by atoms with Crippen molar-refractivity contribution in [2.75, 3.05) is 13.1 Å². The van der Waals surface area contributed by atoms with E-state index in [4.69, 9.17) is 0 Å². The number of hydrogen-bond acceptors (Lipinski definition) is 2. The Kier molecular flexibility index (Phi) is 2.26. The summed E-state index contributed by atoms with van der Waals surface area (Å²) < 4.78 is 28.5. The van der Waals surface area contributed by atoms with Crippen LogP contribution in [0, 0.1) is 0 Å². The maximum absolute atomic E-state index is 13.5. The third-order valence-electron chi connectivity index (χ3n) is 2.61. The monoisotopic (exact) mass is 201 g/mol. The van der Waals surface area contributed by atoms with Crippen LogP contribution in [0.1, 0.15) is 17.9 Å². The maximum Gasteiger partial charge on any atom is 0.267 e. The summed E-state index contributed by atoms with van der Waals surface area (Å²) >= 11 is 0. The molecule has 1 fully saturated rings. The summed E-state index contributed by atoms with van der Waals surface area (Å²) in [5, 5.41) is 6.62. The highest BCUT2D eigenvalue weighted by molar-refractivity contribution is 5.16. The van der Waals surface area contributed by atoms with Crippen molar-refractivity contribution in [2.45, 2.75) is 18.3 Å². The minimum Gasteiger partial charge on any atom is -0.311 e. The number of piperidine rings is 1. The molecule has 0 radical (unpaired) electrons. The van der Waals surface area contributed by atoms with Crippen LogP contribution < -0.4 is 5.32 Å². The highest BCUT2D eigenvalue weighted by atomic mass is 19.3. The van der Waals surface area contributed by atoms with E-state index in [1.807, 2.05) is 0 Å². The van der Waals surface area contributed by atoms with E-state index in [0.717, 1.165) is 0 Å². The third kappa shape index (κ3) is 1.64. The Bertz CT molecular complexity index is 322. The molecule has 1 aliphatic rings. The molecule has 0 bridgehead atoms. The van der Waals surface area contributed by atoms with Crippen LogP contribution in [0.25, 0.3) is 0 Å². The van der Waals surface area contributed by atoms with Gasteiger partial charge in [0.2, 0.25) is 0 Å². The van der Waals surface area contributed by atoms with Crippen LogP contribution >= 0.6 is 0 Å². The van der Waals surface area contributed by atoms with Crippen molar-refractivity contribution in [3.8, 4) is 0 Å². The van der Waals surface area contributed by atoms with Gasteiger partial charge in [-0.3, -0.25) is 4.68 Å². The van der Waals surface area contributed by atoms with Crippen LogP contribution in [-0.2, 0) is 7.05 Å². The summed E-state index contributed by atoms with van der Waals surface area (Å²) in [5.41, 5.74) is 0.638. The van der Waals surface area contributed by atoms with Gasteiger partial charge in [-0.05, 0) is 18.5 Å². The van der Waals surface area contributed by atoms with Crippen molar-refractivity contribution in [1.29, 1.82) is 0 Å². The van der Waals surface area contributed by atoms with Gasteiger partial charge >= 0.3 is 0 Å². The molecule has 1 unspecified atom stereocenters. The second-order valence-electron chi connectivity index (χ2n) is 3.73. The van der Waals surface area contributed by atoms with Crippen LogP contribution in [-0.4, -0.2) is 28.8 Å². The van der Waals surface area contributed by atoms with Gasteiger partial charge in [-0.2, -0.15) is 5.10 Å². The summed E-state index contributed by atoms with van der Waals surface area (Å²) in [7, 11) is 1.74. The van der Waals surface area contributed by atoms with Crippen molar-refractivity contribution < 1.29 is 8.78 Å². The maximum atomic E-state index is 13.5. The molecule has 1 N–H and O–H groups in total. The van der Waals surface area contributed by atoms with Crippen molar-refractivity contribution in [3.63, 3.8) is 0 Å². The molecule has 0 aliphatic carbocycles. The number of aromatic nitrogens is 2. The molecular formula is C9H13F2N3.